The van der Waals surface area contributed by atoms with E-state index in [0.29, 0.717) is 21.4 Å². The van der Waals surface area contributed by atoms with Gasteiger partial charge in [-0.05, 0) is 24.3 Å². The highest BCUT2D eigenvalue weighted by Crippen LogP contribution is 2.37. The largest absolute Gasteiger partial charge is 0.494 e. The number of aromatic nitrogens is 1. The Balaban J connectivity index is 1.97. The monoisotopic (exact) mass is 308 g/mol. The summed E-state index contributed by atoms with van der Waals surface area (Å²) in [5, 5.41) is 3.68. The third-order valence-corrected chi connectivity index (χ3v) is 4.07. The van der Waals surface area contributed by atoms with E-state index < -0.39 is 0 Å². The molecule has 2 heterocycles. The molecule has 0 aliphatic rings. The molecule has 20 heavy (non-hydrogen) atoms. The molecule has 0 aliphatic heterocycles. The van der Waals surface area contributed by atoms with Crippen molar-refractivity contribution in [3.63, 3.8) is 0 Å². The zero-order valence-electron chi connectivity index (χ0n) is 10.3. The maximum Gasteiger partial charge on any atom is 0.293 e. The van der Waals surface area contributed by atoms with Crippen LogP contribution < -0.4 is 10.1 Å². The Morgan fingerprint density at radius 2 is 2.30 bits per heavy atom. The van der Waals surface area contributed by atoms with Crippen LogP contribution in [-0.2, 0) is 0 Å². The van der Waals surface area contributed by atoms with E-state index in [2.05, 4.69) is 10.3 Å². The summed E-state index contributed by atoms with van der Waals surface area (Å²) in [7, 11) is 1.56. The van der Waals surface area contributed by atoms with E-state index in [-0.39, 0.29) is 11.7 Å². The molecule has 0 radical (unpaired) electrons. The van der Waals surface area contributed by atoms with Gasteiger partial charge in [-0.2, -0.15) is 0 Å². The van der Waals surface area contributed by atoms with Gasteiger partial charge in [-0.25, -0.2) is 4.98 Å². The molecule has 0 bridgehead atoms. The molecule has 1 amide bonds. The molecule has 0 spiro atoms. The number of ether oxygens (including phenoxy) is 1. The van der Waals surface area contributed by atoms with Gasteiger partial charge >= 0.3 is 0 Å². The number of thiazole rings is 1. The normalized spacial score (nSPS) is 10.7. The lowest BCUT2D eigenvalue weighted by Gasteiger charge is -2.00. The van der Waals surface area contributed by atoms with E-state index in [0.717, 1.165) is 4.70 Å². The third-order valence-electron chi connectivity index (χ3n) is 2.64. The molecule has 102 valence electrons. The summed E-state index contributed by atoms with van der Waals surface area (Å²) in [4.78, 5) is 16.2. The Morgan fingerprint density at radius 3 is 3.00 bits per heavy atom. The van der Waals surface area contributed by atoms with Gasteiger partial charge in [-0.1, -0.05) is 22.9 Å². The number of anilines is 1. The van der Waals surface area contributed by atoms with Crippen molar-refractivity contribution in [2.75, 3.05) is 12.4 Å². The summed E-state index contributed by atoms with van der Waals surface area (Å²) < 4.78 is 11.0. The van der Waals surface area contributed by atoms with Crippen molar-refractivity contribution in [2.45, 2.75) is 0 Å². The Bertz CT molecular complexity index is 767. The first kappa shape index (κ1) is 13.0. The number of carbonyl (C=O) groups is 1. The lowest BCUT2D eigenvalue weighted by atomic mass is 10.3. The summed E-state index contributed by atoms with van der Waals surface area (Å²) in [6.07, 6.45) is 1.44. The number of nitrogens with zero attached hydrogens (tertiary/aromatic N) is 1. The molecular formula is C13H9ClN2O3S. The molecular weight excluding hydrogens is 300 g/mol. The van der Waals surface area contributed by atoms with Gasteiger partial charge in [0.2, 0.25) is 0 Å². The van der Waals surface area contributed by atoms with Crippen LogP contribution >= 0.6 is 22.9 Å². The average molecular weight is 309 g/mol. The molecule has 1 aromatic carbocycles. The van der Waals surface area contributed by atoms with E-state index in [1.165, 1.54) is 17.6 Å². The van der Waals surface area contributed by atoms with Gasteiger partial charge in [-0.3, -0.25) is 10.1 Å². The summed E-state index contributed by atoms with van der Waals surface area (Å²) in [5.74, 6) is 0.477. The molecule has 0 aliphatic carbocycles. The number of hydrogen-bond donors (Lipinski definition) is 1. The Labute approximate surface area is 123 Å². The average Bonchev–Trinajstić information content (AvgIpc) is 3.08. The second-order valence-corrected chi connectivity index (χ2v) is 5.28. The van der Waals surface area contributed by atoms with E-state index >= 15 is 0 Å². The van der Waals surface area contributed by atoms with Crippen LogP contribution in [-0.4, -0.2) is 18.0 Å². The fourth-order valence-corrected chi connectivity index (χ4v) is 2.89. The van der Waals surface area contributed by atoms with Gasteiger partial charge in [-0.15, -0.1) is 0 Å². The van der Waals surface area contributed by atoms with Crippen LogP contribution in [0.2, 0.25) is 5.02 Å². The van der Waals surface area contributed by atoms with E-state index in [4.69, 9.17) is 20.8 Å². The fourth-order valence-electron chi connectivity index (χ4n) is 1.74. The quantitative estimate of drug-likeness (QED) is 0.799. The molecule has 1 N–H and O–H groups in total. The second kappa shape index (κ2) is 5.15. The summed E-state index contributed by atoms with van der Waals surface area (Å²) in [5.41, 5.74) is 0.625. The van der Waals surface area contributed by atoms with Gasteiger partial charge in [0.1, 0.15) is 11.3 Å². The first-order valence-corrected chi connectivity index (χ1v) is 6.86. The molecule has 0 saturated heterocycles. The zero-order chi connectivity index (χ0) is 14.1. The minimum absolute atomic E-state index is 0.224. The highest BCUT2D eigenvalue weighted by molar-refractivity contribution is 7.23. The van der Waals surface area contributed by atoms with Gasteiger partial charge in [0.25, 0.3) is 5.91 Å². The van der Waals surface area contributed by atoms with E-state index in [9.17, 15) is 4.79 Å². The summed E-state index contributed by atoms with van der Waals surface area (Å²) >= 11 is 7.40. The van der Waals surface area contributed by atoms with Crippen LogP contribution in [0.1, 0.15) is 10.6 Å². The van der Waals surface area contributed by atoms with Gasteiger partial charge in [0.15, 0.2) is 10.9 Å². The number of carbonyl (C=O) groups excluding carboxylic acids is 1. The van der Waals surface area contributed by atoms with Crippen molar-refractivity contribution in [2.24, 2.45) is 0 Å². The van der Waals surface area contributed by atoms with Crippen LogP contribution in [0.5, 0.6) is 5.75 Å². The van der Waals surface area contributed by atoms with Crippen LogP contribution in [0.4, 0.5) is 5.13 Å². The number of methoxy groups -OCH3 is 1. The van der Waals surface area contributed by atoms with E-state index in [1.807, 2.05) is 0 Å². The summed E-state index contributed by atoms with van der Waals surface area (Å²) in [6.45, 7) is 0. The number of amides is 1. The Kier molecular flexibility index (Phi) is 3.33. The SMILES string of the molecule is COc1ccc(Cl)c2sc(NC(=O)c3ccco3)nc12. The Morgan fingerprint density at radius 1 is 1.45 bits per heavy atom. The highest BCUT2D eigenvalue weighted by Gasteiger charge is 2.15. The van der Waals surface area contributed by atoms with Gasteiger partial charge in [0.05, 0.1) is 23.1 Å². The number of fused-ring (bicyclic) bond motifs is 1. The number of halogens is 1. The molecule has 0 atom stereocenters. The lowest BCUT2D eigenvalue weighted by Crippen LogP contribution is -2.10. The van der Waals surface area contributed by atoms with Crippen molar-refractivity contribution in [3.8, 4) is 5.75 Å². The van der Waals surface area contributed by atoms with Crippen molar-refractivity contribution < 1.29 is 13.9 Å². The molecule has 3 rings (SSSR count). The van der Waals surface area contributed by atoms with Crippen molar-refractivity contribution in [1.29, 1.82) is 0 Å². The third kappa shape index (κ3) is 2.23. The van der Waals surface area contributed by atoms with Gasteiger partial charge < -0.3 is 9.15 Å². The van der Waals surface area contributed by atoms with Crippen LogP contribution in [0.3, 0.4) is 0 Å². The molecule has 0 unspecified atom stereocenters. The first-order chi connectivity index (χ1) is 9.69. The number of rotatable bonds is 3. The molecule has 0 fully saturated rings. The number of furan rings is 1. The highest BCUT2D eigenvalue weighted by atomic mass is 35.5. The lowest BCUT2D eigenvalue weighted by molar-refractivity contribution is 0.0996. The molecule has 5 nitrogen and oxygen atoms in total. The summed E-state index contributed by atoms with van der Waals surface area (Å²) in [6, 6.07) is 6.70. The number of nitrogens with one attached hydrogen (secondary N) is 1. The van der Waals surface area contributed by atoms with Crippen molar-refractivity contribution >= 4 is 44.2 Å². The van der Waals surface area contributed by atoms with Gasteiger partial charge in [0, 0.05) is 0 Å². The Hall–Kier alpha value is -2.05. The van der Waals surface area contributed by atoms with Crippen LogP contribution in [0, 0.1) is 0 Å². The molecule has 7 heteroatoms. The fraction of sp³-hybridized carbons (Fsp3) is 0.0769. The van der Waals surface area contributed by atoms with Crippen LogP contribution in [0.25, 0.3) is 10.2 Å². The predicted molar refractivity (Wildman–Crippen MR) is 77.8 cm³/mol. The standard InChI is InChI=1S/C13H9ClN2O3S/c1-18-8-5-4-7(14)11-10(8)15-13(20-11)16-12(17)9-3-2-6-19-9/h2-6H,1H3,(H,15,16,17). The predicted octanol–water partition coefficient (Wildman–Crippen LogP) is 3.80. The maximum atomic E-state index is 11.9. The molecule has 2 aromatic heterocycles. The van der Waals surface area contributed by atoms with Crippen LogP contribution in [0.15, 0.2) is 34.9 Å². The second-order valence-electron chi connectivity index (χ2n) is 3.88. The topological polar surface area (TPSA) is 64.4 Å². The molecule has 0 saturated carbocycles. The first-order valence-electron chi connectivity index (χ1n) is 5.67. The van der Waals surface area contributed by atoms with Crippen molar-refractivity contribution in [3.05, 3.63) is 41.3 Å². The maximum absolute atomic E-state index is 11.9. The van der Waals surface area contributed by atoms with Crippen molar-refractivity contribution in [1.82, 2.24) is 4.98 Å². The zero-order valence-corrected chi connectivity index (χ0v) is 11.9. The number of benzene rings is 1. The van der Waals surface area contributed by atoms with E-state index in [1.54, 1.807) is 31.4 Å². The minimum atomic E-state index is -0.357. The molecule has 3 aromatic rings. The minimum Gasteiger partial charge on any atom is -0.494 e. The smallest absolute Gasteiger partial charge is 0.293 e. The number of hydrogen-bond acceptors (Lipinski definition) is 5.